The summed E-state index contributed by atoms with van der Waals surface area (Å²) in [4.78, 5) is 16.8. The number of aromatic nitrogens is 3. The van der Waals surface area contributed by atoms with Crippen LogP contribution < -0.4 is 5.19 Å². The summed E-state index contributed by atoms with van der Waals surface area (Å²) in [6.45, 7) is 23.8. The Bertz CT molecular complexity index is 2110. The van der Waals surface area contributed by atoms with Crippen LogP contribution in [0.1, 0.15) is 60.3 Å². The van der Waals surface area contributed by atoms with Crippen molar-refractivity contribution < 1.29 is 27.3 Å². The molecule has 0 saturated heterocycles. The van der Waals surface area contributed by atoms with Crippen LogP contribution in [0.4, 0.5) is 5.69 Å². The first-order valence-electron chi connectivity index (χ1n) is 16.2. The van der Waals surface area contributed by atoms with Crippen LogP contribution in [0.15, 0.2) is 83.7 Å². The van der Waals surface area contributed by atoms with Crippen LogP contribution in [0, 0.1) is 24.6 Å². The molecule has 1 atom stereocenters. The SMILES string of the molecule is [2H]C(C)(C)c1cc(-c2[c-]ccc([N+]#[C-])c2)ncc1[Si](C)(C)C.[2H]C(C)(c1ccnc(-c2[c-]ccc3c2oc2ncccc23)c1)C(C)C.[Ir]. The Balaban J connectivity index is 0.000000214. The predicted octanol–water partition coefficient (Wildman–Crippen LogP) is 10.4. The van der Waals surface area contributed by atoms with E-state index in [-0.39, 0.29) is 26.0 Å². The van der Waals surface area contributed by atoms with Crippen molar-refractivity contribution in [2.75, 3.05) is 0 Å². The third-order valence-electron chi connectivity index (χ3n) is 7.99. The predicted molar refractivity (Wildman–Crippen MR) is 189 cm³/mol. The van der Waals surface area contributed by atoms with Crippen LogP contribution >= 0.6 is 0 Å². The second-order valence-electron chi connectivity index (χ2n) is 12.8. The summed E-state index contributed by atoms with van der Waals surface area (Å²) < 4.78 is 23.1. The number of rotatable bonds is 6. The molecule has 1 unspecified atom stereocenters. The zero-order valence-corrected chi connectivity index (χ0v) is 31.0. The van der Waals surface area contributed by atoms with Crippen LogP contribution in [0.3, 0.4) is 0 Å². The summed E-state index contributed by atoms with van der Waals surface area (Å²) in [5, 5.41) is 3.20. The second kappa shape index (κ2) is 14.6. The molecule has 0 aliphatic rings. The van der Waals surface area contributed by atoms with Crippen molar-refractivity contribution in [3.8, 4) is 22.5 Å². The van der Waals surface area contributed by atoms with E-state index in [0.717, 1.165) is 50.0 Å². The van der Waals surface area contributed by atoms with E-state index in [0.29, 0.717) is 11.4 Å². The Labute approximate surface area is 290 Å². The summed E-state index contributed by atoms with van der Waals surface area (Å²) in [6, 6.07) is 25.3. The zero-order chi connectivity index (χ0) is 34.1. The molecule has 6 rings (SSSR count). The van der Waals surface area contributed by atoms with E-state index in [1.807, 2.05) is 69.4 Å². The van der Waals surface area contributed by atoms with Gasteiger partial charge < -0.3 is 14.4 Å². The molecule has 4 aromatic heterocycles. The number of hydrogen-bond donors (Lipinski definition) is 0. The van der Waals surface area contributed by atoms with Crippen molar-refractivity contribution in [2.24, 2.45) is 5.92 Å². The molecule has 237 valence electrons. The molecule has 6 aromatic rings. The maximum atomic E-state index is 8.66. The van der Waals surface area contributed by atoms with Crippen LogP contribution in [0.25, 0.3) is 49.4 Å². The fraction of sp³-hybridized carbons (Fsp3) is 0.282. The van der Waals surface area contributed by atoms with Crippen molar-refractivity contribution in [1.29, 1.82) is 0 Å². The van der Waals surface area contributed by atoms with Crippen molar-refractivity contribution in [1.82, 2.24) is 15.0 Å². The fourth-order valence-corrected chi connectivity index (χ4v) is 6.78. The van der Waals surface area contributed by atoms with Gasteiger partial charge in [-0.25, -0.2) is 4.98 Å². The first kappa shape index (κ1) is 32.0. The third-order valence-corrected chi connectivity index (χ3v) is 10.0. The van der Waals surface area contributed by atoms with Crippen LogP contribution in [0.2, 0.25) is 19.6 Å². The van der Waals surface area contributed by atoms with E-state index in [9.17, 15) is 0 Å². The van der Waals surface area contributed by atoms with Gasteiger partial charge in [0.25, 0.3) is 0 Å². The minimum atomic E-state index is -1.57. The van der Waals surface area contributed by atoms with Gasteiger partial charge in [-0.05, 0) is 52.5 Å². The van der Waals surface area contributed by atoms with Crippen LogP contribution in [-0.2, 0) is 20.1 Å². The molecule has 0 fully saturated rings. The Morgan fingerprint density at radius 2 is 1.63 bits per heavy atom. The van der Waals surface area contributed by atoms with Gasteiger partial charge in [-0.15, -0.1) is 42.0 Å². The van der Waals surface area contributed by atoms with Gasteiger partial charge in [-0.3, -0.25) is 4.85 Å². The first-order chi connectivity index (χ1) is 22.1. The topological polar surface area (TPSA) is 56.2 Å². The molecule has 0 spiro atoms. The average Bonchev–Trinajstić information content (AvgIpc) is 3.43. The molecule has 0 aliphatic carbocycles. The minimum absolute atomic E-state index is 0. The van der Waals surface area contributed by atoms with Crippen molar-refractivity contribution in [3.05, 3.63) is 114 Å². The number of nitrogens with zero attached hydrogens (tertiary/aromatic N) is 4. The van der Waals surface area contributed by atoms with E-state index in [1.165, 1.54) is 5.19 Å². The van der Waals surface area contributed by atoms with Gasteiger partial charge in [-0.1, -0.05) is 88.5 Å². The molecule has 4 heterocycles. The van der Waals surface area contributed by atoms with E-state index >= 15 is 0 Å². The first-order valence-corrected chi connectivity index (χ1v) is 18.7. The maximum Gasteiger partial charge on any atom is 0.216 e. The standard InChI is InChI=1S/C21H19N2O.C18H21N2Si.Ir/c1-13(2)14(3)15-9-11-22-19(12-15)18-7-4-6-16-17-8-5-10-23-21(17)24-20(16)18;1-13(2)16-11-17(20-12-18(16)21(4,5)6)14-8-7-9-15(10-14)19-3;/h4-6,8-14H,1-3H3;7,9-13H,1-2,4-6H3;/q2*-1;/i14D;13D;. The molecule has 2 aromatic carbocycles. The molecule has 0 saturated carbocycles. The molecular formula is C39H40IrN4OSi-2. The summed E-state index contributed by atoms with van der Waals surface area (Å²) in [5.74, 6) is -1.16. The zero-order valence-electron chi connectivity index (χ0n) is 29.6. The molecule has 0 aliphatic heterocycles. The molecule has 0 N–H and O–H groups in total. The van der Waals surface area contributed by atoms with Crippen molar-refractivity contribution in [3.63, 3.8) is 0 Å². The average molecular weight is 803 g/mol. The molecule has 0 amide bonds. The smallest absolute Gasteiger partial charge is 0.216 e. The summed E-state index contributed by atoms with van der Waals surface area (Å²) in [6.07, 6.45) is 5.40. The van der Waals surface area contributed by atoms with Gasteiger partial charge in [0.1, 0.15) is 5.69 Å². The fourth-order valence-electron chi connectivity index (χ4n) is 5.20. The number of pyridine rings is 3. The van der Waals surface area contributed by atoms with E-state index in [1.54, 1.807) is 30.6 Å². The Kier molecular flexibility index (Phi) is 10.2. The summed E-state index contributed by atoms with van der Waals surface area (Å²) in [7, 11) is -1.57. The van der Waals surface area contributed by atoms with Gasteiger partial charge in [0, 0.05) is 46.8 Å². The van der Waals surface area contributed by atoms with Gasteiger partial charge in [0.2, 0.25) is 5.71 Å². The second-order valence-corrected chi connectivity index (χ2v) is 17.8. The number of hydrogen-bond acceptors (Lipinski definition) is 4. The molecule has 0 bridgehead atoms. The normalized spacial score (nSPS) is 13.6. The maximum absolute atomic E-state index is 8.66. The largest absolute Gasteiger partial charge is 0.486 e. The number of fused-ring (bicyclic) bond motifs is 3. The van der Waals surface area contributed by atoms with Crippen LogP contribution in [-0.4, -0.2) is 23.0 Å². The van der Waals surface area contributed by atoms with Crippen molar-refractivity contribution in [2.45, 2.75) is 66.0 Å². The number of furan rings is 1. The van der Waals surface area contributed by atoms with Gasteiger partial charge in [0.05, 0.1) is 20.2 Å². The van der Waals surface area contributed by atoms with E-state index in [4.69, 9.17) is 13.7 Å². The monoisotopic (exact) mass is 803 g/mol. The van der Waals surface area contributed by atoms with Crippen LogP contribution in [0.5, 0.6) is 0 Å². The summed E-state index contributed by atoms with van der Waals surface area (Å²) >= 11 is 0. The van der Waals surface area contributed by atoms with Gasteiger partial charge in [-0.2, -0.15) is 6.07 Å². The number of benzene rings is 2. The van der Waals surface area contributed by atoms with Gasteiger partial charge in [0.15, 0.2) is 0 Å². The van der Waals surface area contributed by atoms with E-state index in [2.05, 4.69) is 65.4 Å². The molecule has 5 nitrogen and oxygen atoms in total. The quantitative estimate of drug-likeness (QED) is 0.124. The Hall–Kier alpha value is -3.95. The molecular weight excluding hydrogens is 761 g/mol. The minimum Gasteiger partial charge on any atom is -0.486 e. The molecule has 1 radical (unpaired) electrons. The molecule has 46 heavy (non-hydrogen) atoms. The van der Waals surface area contributed by atoms with Crippen molar-refractivity contribution >= 4 is 41.0 Å². The van der Waals surface area contributed by atoms with E-state index < -0.39 is 19.9 Å². The third kappa shape index (κ3) is 7.53. The Morgan fingerprint density at radius 3 is 2.33 bits per heavy atom. The molecule has 7 heteroatoms. The van der Waals surface area contributed by atoms with Gasteiger partial charge >= 0.3 is 0 Å². The Morgan fingerprint density at radius 1 is 0.870 bits per heavy atom. The summed E-state index contributed by atoms with van der Waals surface area (Å²) in [5.41, 5.74) is 7.04.